The molecule has 1 saturated heterocycles. The quantitative estimate of drug-likeness (QED) is 0.692. The van der Waals surface area contributed by atoms with E-state index >= 15 is 0 Å². The van der Waals surface area contributed by atoms with E-state index in [-0.39, 0.29) is 0 Å². The third kappa shape index (κ3) is 2.48. The normalized spacial score (nSPS) is 21.0. The fraction of sp³-hybridized carbons (Fsp3) is 1.00. The van der Waals surface area contributed by atoms with E-state index in [2.05, 4.69) is 39.5 Å². The average Bonchev–Trinajstić information content (AvgIpc) is 1.93. The van der Waals surface area contributed by atoms with Gasteiger partial charge in [-0.05, 0) is 10.8 Å². The number of methoxy groups -OCH3 is 1. The number of likely N-dealkylation sites (tertiary alicyclic amines) is 1. The van der Waals surface area contributed by atoms with Crippen LogP contribution in [0.25, 0.3) is 0 Å². The van der Waals surface area contributed by atoms with Gasteiger partial charge in [0.25, 0.3) is 0 Å². The molecule has 0 aromatic carbocycles. The maximum atomic E-state index is 5.27. The van der Waals surface area contributed by atoms with Crippen LogP contribution in [0.15, 0.2) is 0 Å². The van der Waals surface area contributed by atoms with Gasteiger partial charge in [0, 0.05) is 26.7 Å². The zero-order chi connectivity index (χ0) is 11.0. The maximum absolute atomic E-state index is 5.27. The van der Waals surface area contributed by atoms with E-state index in [0.717, 1.165) is 13.1 Å². The van der Waals surface area contributed by atoms with Crippen LogP contribution in [-0.2, 0) is 4.74 Å². The topological polar surface area (TPSA) is 12.5 Å². The molecular formula is C12H25NO. The van der Waals surface area contributed by atoms with E-state index in [4.69, 9.17) is 4.74 Å². The van der Waals surface area contributed by atoms with Crippen molar-refractivity contribution >= 4 is 0 Å². The molecule has 14 heavy (non-hydrogen) atoms. The summed E-state index contributed by atoms with van der Waals surface area (Å²) in [5.74, 6) is 0. The van der Waals surface area contributed by atoms with E-state index in [1.165, 1.54) is 6.54 Å². The van der Waals surface area contributed by atoms with E-state index in [1.54, 1.807) is 7.11 Å². The lowest BCUT2D eigenvalue weighted by Crippen LogP contribution is -2.56. The molecule has 0 spiro atoms. The predicted octanol–water partition coefficient (Wildman–Crippen LogP) is 2.39. The number of ether oxygens (including phenoxy) is 1. The van der Waals surface area contributed by atoms with Gasteiger partial charge < -0.3 is 4.74 Å². The summed E-state index contributed by atoms with van der Waals surface area (Å²) in [6.07, 6.45) is 0.478. The highest BCUT2D eigenvalue weighted by atomic mass is 16.5. The Morgan fingerprint density at radius 2 is 1.64 bits per heavy atom. The molecule has 0 aromatic rings. The summed E-state index contributed by atoms with van der Waals surface area (Å²) in [7, 11) is 1.80. The minimum Gasteiger partial charge on any atom is -0.379 e. The third-order valence-corrected chi connectivity index (χ3v) is 3.91. The highest BCUT2D eigenvalue weighted by Crippen LogP contribution is 2.39. The summed E-state index contributed by atoms with van der Waals surface area (Å²) in [4.78, 5) is 2.49. The van der Waals surface area contributed by atoms with Crippen molar-refractivity contribution in [2.24, 2.45) is 10.8 Å². The molecule has 1 heterocycles. The lowest BCUT2D eigenvalue weighted by molar-refractivity contribution is -0.0586. The highest BCUT2D eigenvalue weighted by molar-refractivity contribution is 4.90. The summed E-state index contributed by atoms with van der Waals surface area (Å²) in [5.41, 5.74) is 0.733. The monoisotopic (exact) mass is 199 g/mol. The summed E-state index contributed by atoms with van der Waals surface area (Å²) >= 11 is 0. The van der Waals surface area contributed by atoms with Crippen molar-refractivity contribution in [1.29, 1.82) is 0 Å². The SMILES string of the molecule is COC1CN(CC(C)(C)C(C)(C)C)C1. The van der Waals surface area contributed by atoms with Crippen molar-refractivity contribution in [1.82, 2.24) is 4.90 Å². The molecule has 0 aromatic heterocycles. The fourth-order valence-corrected chi connectivity index (χ4v) is 1.60. The summed E-state index contributed by atoms with van der Waals surface area (Å²) in [5, 5.41) is 0. The highest BCUT2D eigenvalue weighted by Gasteiger charge is 2.37. The van der Waals surface area contributed by atoms with Gasteiger partial charge in [-0.25, -0.2) is 0 Å². The molecule has 84 valence electrons. The van der Waals surface area contributed by atoms with Crippen molar-refractivity contribution in [3.63, 3.8) is 0 Å². The van der Waals surface area contributed by atoms with Gasteiger partial charge >= 0.3 is 0 Å². The maximum Gasteiger partial charge on any atom is 0.0824 e. The van der Waals surface area contributed by atoms with Gasteiger partial charge in [-0.1, -0.05) is 34.6 Å². The first kappa shape index (κ1) is 12.0. The Morgan fingerprint density at radius 1 is 1.14 bits per heavy atom. The second kappa shape index (κ2) is 3.82. The lowest BCUT2D eigenvalue weighted by atomic mass is 9.69. The average molecular weight is 199 g/mol. The lowest BCUT2D eigenvalue weighted by Gasteiger charge is -2.47. The van der Waals surface area contributed by atoms with Crippen molar-refractivity contribution in [2.75, 3.05) is 26.7 Å². The Bertz CT molecular complexity index is 187. The predicted molar refractivity (Wildman–Crippen MR) is 60.5 cm³/mol. The van der Waals surface area contributed by atoms with E-state index in [9.17, 15) is 0 Å². The second-order valence-corrected chi connectivity index (χ2v) is 6.19. The van der Waals surface area contributed by atoms with Crippen LogP contribution in [0, 0.1) is 10.8 Å². The van der Waals surface area contributed by atoms with Gasteiger partial charge in [-0.15, -0.1) is 0 Å². The standard InChI is InChI=1S/C12H25NO/c1-11(2,3)12(4,5)9-13-7-10(8-13)14-6/h10H,7-9H2,1-6H3. The zero-order valence-corrected chi connectivity index (χ0v) is 10.6. The van der Waals surface area contributed by atoms with E-state index < -0.39 is 0 Å². The Kier molecular flexibility index (Phi) is 3.27. The molecule has 1 aliphatic heterocycles. The molecular weight excluding hydrogens is 174 g/mol. The number of hydrogen-bond donors (Lipinski definition) is 0. The first-order valence-electron chi connectivity index (χ1n) is 5.51. The van der Waals surface area contributed by atoms with Crippen LogP contribution in [0.4, 0.5) is 0 Å². The second-order valence-electron chi connectivity index (χ2n) is 6.19. The summed E-state index contributed by atoms with van der Waals surface area (Å²) < 4.78 is 5.27. The fourth-order valence-electron chi connectivity index (χ4n) is 1.60. The smallest absolute Gasteiger partial charge is 0.0824 e. The van der Waals surface area contributed by atoms with Crippen LogP contribution in [0.1, 0.15) is 34.6 Å². The molecule has 1 aliphatic rings. The van der Waals surface area contributed by atoms with Crippen LogP contribution in [0.3, 0.4) is 0 Å². The molecule has 0 amide bonds. The number of hydrogen-bond acceptors (Lipinski definition) is 2. The van der Waals surface area contributed by atoms with Crippen molar-refractivity contribution in [3.8, 4) is 0 Å². The van der Waals surface area contributed by atoms with Gasteiger partial charge in [0.1, 0.15) is 0 Å². The van der Waals surface area contributed by atoms with Crippen LogP contribution >= 0.6 is 0 Å². The summed E-state index contributed by atoms with van der Waals surface area (Å²) in [6, 6.07) is 0. The van der Waals surface area contributed by atoms with Crippen LogP contribution < -0.4 is 0 Å². The number of rotatable bonds is 3. The van der Waals surface area contributed by atoms with Crippen LogP contribution in [0.2, 0.25) is 0 Å². The Hall–Kier alpha value is -0.0800. The van der Waals surface area contributed by atoms with Gasteiger partial charge in [0.05, 0.1) is 6.10 Å². The molecule has 2 nitrogen and oxygen atoms in total. The van der Waals surface area contributed by atoms with Crippen molar-refractivity contribution in [3.05, 3.63) is 0 Å². The van der Waals surface area contributed by atoms with Crippen molar-refractivity contribution in [2.45, 2.75) is 40.7 Å². The molecule has 0 radical (unpaired) electrons. The van der Waals surface area contributed by atoms with Crippen LogP contribution in [0.5, 0.6) is 0 Å². The molecule has 2 heteroatoms. The Labute approximate surface area is 88.6 Å². The minimum absolute atomic E-state index is 0.366. The molecule has 1 rings (SSSR count). The molecule has 0 unspecified atom stereocenters. The van der Waals surface area contributed by atoms with Gasteiger partial charge in [0.15, 0.2) is 0 Å². The number of nitrogens with zero attached hydrogens (tertiary/aromatic N) is 1. The first-order valence-corrected chi connectivity index (χ1v) is 5.51. The minimum atomic E-state index is 0.366. The van der Waals surface area contributed by atoms with E-state index in [0.29, 0.717) is 16.9 Å². The van der Waals surface area contributed by atoms with Gasteiger partial charge in [-0.2, -0.15) is 0 Å². The summed E-state index contributed by atoms with van der Waals surface area (Å²) in [6.45, 7) is 15.1. The van der Waals surface area contributed by atoms with Crippen LogP contribution in [-0.4, -0.2) is 37.7 Å². The molecule has 0 saturated carbocycles. The molecule has 0 N–H and O–H groups in total. The van der Waals surface area contributed by atoms with Gasteiger partial charge in [-0.3, -0.25) is 4.90 Å². The molecule has 0 atom stereocenters. The first-order chi connectivity index (χ1) is 6.26. The third-order valence-electron chi connectivity index (χ3n) is 3.91. The molecule has 0 aliphatic carbocycles. The zero-order valence-electron chi connectivity index (χ0n) is 10.6. The van der Waals surface area contributed by atoms with Gasteiger partial charge in [0.2, 0.25) is 0 Å². The Morgan fingerprint density at radius 3 is 2.00 bits per heavy atom. The molecule has 1 fully saturated rings. The largest absolute Gasteiger partial charge is 0.379 e. The van der Waals surface area contributed by atoms with E-state index in [1.807, 2.05) is 0 Å². The Balaban J connectivity index is 2.38. The molecule has 0 bridgehead atoms. The van der Waals surface area contributed by atoms with Crippen molar-refractivity contribution < 1.29 is 4.74 Å².